The van der Waals surface area contributed by atoms with Crippen molar-refractivity contribution in [2.45, 2.75) is 56.8 Å². The van der Waals surface area contributed by atoms with Gasteiger partial charge < -0.3 is 5.73 Å². The van der Waals surface area contributed by atoms with Gasteiger partial charge >= 0.3 is 0 Å². The zero-order valence-corrected chi connectivity index (χ0v) is 14.2. The Bertz CT molecular complexity index is 615. The Kier molecular flexibility index (Phi) is 5.00. The van der Waals surface area contributed by atoms with Gasteiger partial charge in [-0.05, 0) is 51.4 Å². The molecule has 2 heterocycles. The molecule has 0 radical (unpaired) electrons. The van der Waals surface area contributed by atoms with Crippen molar-refractivity contribution in [1.29, 1.82) is 0 Å². The van der Waals surface area contributed by atoms with E-state index in [0.717, 1.165) is 40.1 Å². The number of rotatable bonds is 5. The number of hydrogen-bond donors (Lipinski definition) is 1. The largest absolute Gasteiger partial charge is 0.327 e. The number of aryl methyl sites for hydroxylation is 4. The van der Waals surface area contributed by atoms with Crippen LogP contribution >= 0.6 is 11.8 Å². The third-order valence-electron chi connectivity index (χ3n) is 3.43. The monoisotopic (exact) mass is 305 g/mol. The molecule has 5 nitrogen and oxygen atoms in total. The van der Waals surface area contributed by atoms with Gasteiger partial charge in [0, 0.05) is 30.0 Å². The number of nitrogens with two attached hydrogens (primary N) is 1. The van der Waals surface area contributed by atoms with Crippen molar-refractivity contribution in [3.05, 3.63) is 28.7 Å². The van der Waals surface area contributed by atoms with Crippen LogP contribution in [-0.4, -0.2) is 25.8 Å². The zero-order valence-electron chi connectivity index (χ0n) is 13.3. The first kappa shape index (κ1) is 16.0. The highest BCUT2D eigenvalue weighted by molar-refractivity contribution is 7.99. The fraction of sp³-hybridized carbons (Fsp3) is 0.533. The van der Waals surface area contributed by atoms with E-state index in [1.807, 2.05) is 38.6 Å². The van der Waals surface area contributed by atoms with Crippen LogP contribution in [0.1, 0.15) is 36.0 Å². The maximum absolute atomic E-state index is 6.12. The predicted molar refractivity (Wildman–Crippen MR) is 85.5 cm³/mol. The van der Waals surface area contributed by atoms with Crippen molar-refractivity contribution in [2.24, 2.45) is 12.8 Å². The van der Waals surface area contributed by atoms with Crippen molar-refractivity contribution in [1.82, 2.24) is 19.7 Å². The molecule has 2 N–H and O–H groups in total. The molecule has 2 aromatic heterocycles. The molecule has 0 aliphatic rings. The standard InChI is InChI=1S/C15H23N5S/c1-6-12(16)8-13-11(4)19-20(5)14(13)21-15-17-9(2)7-10(3)18-15/h7,12H,6,8,16H2,1-5H3. The lowest BCUT2D eigenvalue weighted by Crippen LogP contribution is -2.22. The minimum atomic E-state index is 0.160. The van der Waals surface area contributed by atoms with Gasteiger partial charge in [-0.25, -0.2) is 9.97 Å². The van der Waals surface area contributed by atoms with E-state index in [2.05, 4.69) is 22.0 Å². The first-order valence-corrected chi connectivity index (χ1v) is 8.00. The molecule has 0 aliphatic carbocycles. The second kappa shape index (κ2) is 6.58. The Morgan fingerprint density at radius 2 is 1.86 bits per heavy atom. The van der Waals surface area contributed by atoms with E-state index in [1.165, 1.54) is 5.56 Å². The van der Waals surface area contributed by atoms with E-state index in [-0.39, 0.29) is 6.04 Å². The smallest absolute Gasteiger partial charge is 0.194 e. The van der Waals surface area contributed by atoms with Crippen molar-refractivity contribution in [3.8, 4) is 0 Å². The second-order valence-electron chi connectivity index (χ2n) is 5.40. The maximum Gasteiger partial charge on any atom is 0.194 e. The lowest BCUT2D eigenvalue weighted by molar-refractivity contribution is 0.631. The van der Waals surface area contributed by atoms with Crippen LogP contribution in [0.25, 0.3) is 0 Å². The predicted octanol–water partition coefficient (Wildman–Crippen LogP) is 2.57. The van der Waals surface area contributed by atoms with Crippen LogP contribution in [-0.2, 0) is 13.5 Å². The molecule has 0 aliphatic heterocycles. The minimum absolute atomic E-state index is 0.160. The summed E-state index contributed by atoms with van der Waals surface area (Å²) >= 11 is 1.57. The highest BCUT2D eigenvalue weighted by Crippen LogP contribution is 2.30. The van der Waals surface area contributed by atoms with E-state index in [0.29, 0.717) is 0 Å². The fourth-order valence-corrected chi connectivity index (χ4v) is 3.36. The Morgan fingerprint density at radius 3 is 2.43 bits per heavy atom. The van der Waals surface area contributed by atoms with Gasteiger partial charge in [0.1, 0.15) is 5.03 Å². The molecular weight excluding hydrogens is 282 g/mol. The van der Waals surface area contributed by atoms with Gasteiger partial charge in [0.05, 0.1) is 5.69 Å². The van der Waals surface area contributed by atoms with Crippen LogP contribution in [0.15, 0.2) is 16.2 Å². The normalized spacial score (nSPS) is 12.7. The molecule has 2 rings (SSSR count). The van der Waals surface area contributed by atoms with Crippen LogP contribution in [0, 0.1) is 20.8 Å². The summed E-state index contributed by atoms with van der Waals surface area (Å²) in [7, 11) is 1.96. The molecule has 1 unspecified atom stereocenters. The van der Waals surface area contributed by atoms with Crippen LogP contribution in [0.4, 0.5) is 0 Å². The molecule has 114 valence electrons. The summed E-state index contributed by atoms with van der Waals surface area (Å²) in [5.41, 5.74) is 10.3. The topological polar surface area (TPSA) is 69.6 Å². The van der Waals surface area contributed by atoms with Gasteiger partial charge in [0.25, 0.3) is 0 Å². The molecule has 0 spiro atoms. The van der Waals surface area contributed by atoms with E-state index in [4.69, 9.17) is 5.73 Å². The van der Waals surface area contributed by atoms with Gasteiger partial charge in [-0.3, -0.25) is 4.68 Å². The van der Waals surface area contributed by atoms with E-state index in [1.54, 1.807) is 11.8 Å². The first-order valence-electron chi connectivity index (χ1n) is 7.18. The fourth-order valence-electron chi connectivity index (χ4n) is 2.28. The lowest BCUT2D eigenvalue weighted by Gasteiger charge is -2.10. The summed E-state index contributed by atoms with van der Waals surface area (Å²) in [4.78, 5) is 9.00. The summed E-state index contributed by atoms with van der Waals surface area (Å²) in [6.07, 6.45) is 1.79. The van der Waals surface area contributed by atoms with Gasteiger partial charge in [-0.1, -0.05) is 6.92 Å². The SMILES string of the molecule is CCC(N)Cc1c(C)nn(C)c1Sc1nc(C)cc(C)n1. The van der Waals surface area contributed by atoms with Crippen molar-refractivity contribution in [2.75, 3.05) is 0 Å². The van der Waals surface area contributed by atoms with Crippen LogP contribution in [0.2, 0.25) is 0 Å². The number of nitrogens with zero attached hydrogens (tertiary/aromatic N) is 4. The summed E-state index contributed by atoms with van der Waals surface area (Å²) < 4.78 is 1.90. The molecule has 0 saturated heterocycles. The second-order valence-corrected chi connectivity index (χ2v) is 6.36. The summed E-state index contributed by atoms with van der Waals surface area (Å²) in [5, 5.41) is 6.37. The molecule has 0 bridgehead atoms. The van der Waals surface area contributed by atoms with E-state index >= 15 is 0 Å². The van der Waals surface area contributed by atoms with Gasteiger partial charge in [0.2, 0.25) is 0 Å². The number of hydrogen-bond acceptors (Lipinski definition) is 5. The van der Waals surface area contributed by atoms with Crippen LogP contribution in [0.3, 0.4) is 0 Å². The quantitative estimate of drug-likeness (QED) is 0.860. The van der Waals surface area contributed by atoms with Crippen LogP contribution < -0.4 is 5.73 Å². The van der Waals surface area contributed by atoms with Gasteiger partial charge in [-0.15, -0.1) is 0 Å². The van der Waals surface area contributed by atoms with Crippen LogP contribution in [0.5, 0.6) is 0 Å². The Labute approximate surface area is 130 Å². The van der Waals surface area contributed by atoms with Gasteiger partial charge in [-0.2, -0.15) is 5.10 Å². The van der Waals surface area contributed by atoms with Crippen molar-refractivity contribution < 1.29 is 0 Å². The maximum atomic E-state index is 6.12. The van der Waals surface area contributed by atoms with E-state index in [9.17, 15) is 0 Å². The summed E-state index contributed by atoms with van der Waals surface area (Å²) in [6.45, 7) is 8.11. The average molecular weight is 305 g/mol. The lowest BCUT2D eigenvalue weighted by atomic mass is 10.1. The van der Waals surface area contributed by atoms with Crippen molar-refractivity contribution in [3.63, 3.8) is 0 Å². The highest BCUT2D eigenvalue weighted by atomic mass is 32.2. The molecule has 6 heteroatoms. The molecule has 0 fully saturated rings. The average Bonchev–Trinajstić information content (AvgIpc) is 2.64. The number of aromatic nitrogens is 4. The molecule has 2 aromatic rings. The Hall–Kier alpha value is -1.40. The first-order chi connectivity index (χ1) is 9.90. The van der Waals surface area contributed by atoms with E-state index < -0.39 is 0 Å². The molecule has 21 heavy (non-hydrogen) atoms. The van der Waals surface area contributed by atoms with Gasteiger partial charge in [0.15, 0.2) is 5.16 Å². The highest BCUT2D eigenvalue weighted by Gasteiger charge is 2.18. The minimum Gasteiger partial charge on any atom is -0.327 e. The zero-order chi connectivity index (χ0) is 15.6. The third kappa shape index (κ3) is 3.83. The third-order valence-corrected chi connectivity index (χ3v) is 4.50. The Morgan fingerprint density at radius 1 is 1.24 bits per heavy atom. The molecular formula is C15H23N5S. The molecule has 0 saturated carbocycles. The Balaban J connectivity index is 2.34. The molecule has 0 aromatic carbocycles. The molecule has 1 atom stereocenters. The summed E-state index contributed by atoms with van der Waals surface area (Å²) in [5.74, 6) is 0. The molecule has 0 amide bonds. The summed E-state index contributed by atoms with van der Waals surface area (Å²) in [6, 6.07) is 2.14. The van der Waals surface area contributed by atoms with Crippen molar-refractivity contribution >= 4 is 11.8 Å².